The molecule has 26 heavy (non-hydrogen) atoms. The van der Waals surface area contributed by atoms with Gasteiger partial charge in [0, 0.05) is 12.8 Å². The highest BCUT2D eigenvalue weighted by Gasteiger charge is 2.04. The summed E-state index contributed by atoms with van der Waals surface area (Å²) < 4.78 is 10.5. The van der Waals surface area contributed by atoms with Crippen molar-refractivity contribution in [1.82, 2.24) is 9.97 Å². The molecule has 0 saturated heterocycles. The van der Waals surface area contributed by atoms with Crippen LogP contribution in [-0.2, 0) is 22.4 Å². The van der Waals surface area contributed by atoms with Gasteiger partial charge in [-0.1, -0.05) is 36.4 Å². The van der Waals surface area contributed by atoms with Crippen LogP contribution in [0.5, 0.6) is 5.88 Å². The number of benzene rings is 2. The Morgan fingerprint density at radius 3 is 2.46 bits per heavy atom. The molecule has 0 bridgehead atoms. The first-order valence-electron chi connectivity index (χ1n) is 8.73. The van der Waals surface area contributed by atoms with Gasteiger partial charge < -0.3 is 9.47 Å². The monoisotopic (exact) mass is 350 g/mol. The van der Waals surface area contributed by atoms with Crippen LogP contribution in [0.15, 0.2) is 54.9 Å². The van der Waals surface area contributed by atoms with E-state index in [0.29, 0.717) is 18.9 Å². The highest BCUT2D eigenvalue weighted by molar-refractivity contribution is 5.82. The van der Waals surface area contributed by atoms with E-state index in [1.807, 2.05) is 24.3 Å². The summed E-state index contributed by atoms with van der Waals surface area (Å²) in [5, 5.41) is 0.927. The Morgan fingerprint density at radius 2 is 1.69 bits per heavy atom. The third-order valence-corrected chi connectivity index (χ3v) is 4.23. The number of methoxy groups -OCH3 is 1. The Hall–Kier alpha value is -2.95. The molecule has 0 N–H and O–H groups in total. The molecular weight excluding hydrogens is 328 g/mol. The summed E-state index contributed by atoms with van der Waals surface area (Å²) in [7, 11) is 1.42. The predicted octanol–water partition coefficient (Wildman–Crippen LogP) is 3.75. The lowest BCUT2D eigenvalue weighted by molar-refractivity contribution is -0.140. The summed E-state index contributed by atoms with van der Waals surface area (Å²) in [5.74, 6) is 0.464. The Balaban J connectivity index is 1.49. The molecule has 0 saturated carbocycles. The third kappa shape index (κ3) is 4.79. The maximum Gasteiger partial charge on any atom is 0.305 e. The standard InChI is InChI=1S/C21H22N2O3/c1-25-20(24)8-4-5-16-9-11-17(12-10-16)13-14-26-21-18-6-2-3-7-19(18)22-15-23-21/h2-3,6-7,9-12,15H,4-5,8,13-14H2,1H3. The molecule has 0 radical (unpaired) electrons. The van der Waals surface area contributed by atoms with Gasteiger partial charge >= 0.3 is 5.97 Å². The summed E-state index contributed by atoms with van der Waals surface area (Å²) >= 11 is 0. The lowest BCUT2D eigenvalue weighted by Gasteiger charge is -2.08. The molecule has 0 aliphatic carbocycles. The SMILES string of the molecule is COC(=O)CCCc1ccc(CCOc2ncnc3ccccc23)cc1. The van der Waals surface area contributed by atoms with Gasteiger partial charge in [0.1, 0.15) is 6.33 Å². The van der Waals surface area contributed by atoms with Crippen LogP contribution in [0.1, 0.15) is 24.0 Å². The average molecular weight is 350 g/mol. The van der Waals surface area contributed by atoms with E-state index in [0.717, 1.165) is 30.2 Å². The van der Waals surface area contributed by atoms with E-state index in [9.17, 15) is 4.79 Å². The van der Waals surface area contributed by atoms with Crippen molar-refractivity contribution in [1.29, 1.82) is 0 Å². The van der Waals surface area contributed by atoms with E-state index < -0.39 is 0 Å². The zero-order valence-electron chi connectivity index (χ0n) is 14.9. The van der Waals surface area contributed by atoms with Crippen LogP contribution < -0.4 is 4.74 Å². The van der Waals surface area contributed by atoms with Crippen LogP contribution in [0.2, 0.25) is 0 Å². The lowest BCUT2D eigenvalue weighted by Crippen LogP contribution is -2.04. The van der Waals surface area contributed by atoms with Crippen molar-refractivity contribution in [3.05, 3.63) is 66.0 Å². The second-order valence-corrected chi connectivity index (χ2v) is 6.04. The molecule has 0 atom stereocenters. The molecule has 0 aliphatic rings. The molecule has 5 heteroatoms. The first-order valence-corrected chi connectivity index (χ1v) is 8.73. The molecule has 0 unspecified atom stereocenters. The number of aryl methyl sites for hydroxylation is 1. The van der Waals surface area contributed by atoms with Gasteiger partial charge in [0.15, 0.2) is 0 Å². The van der Waals surface area contributed by atoms with Crippen molar-refractivity contribution in [2.45, 2.75) is 25.7 Å². The quantitative estimate of drug-likeness (QED) is 0.579. The van der Waals surface area contributed by atoms with Gasteiger partial charge in [-0.3, -0.25) is 4.79 Å². The minimum absolute atomic E-state index is 0.156. The summed E-state index contributed by atoms with van der Waals surface area (Å²) in [6, 6.07) is 16.2. The highest BCUT2D eigenvalue weighted by atomic mass is 16.5. The summed E-state index contributed by atoms with van der Waals surface area (Å²) in [6.45, 7) is 0.558. The van der Waals surface area contributed by atoms with Gasteiger partial charge in [-0.2, -0.15) is 0 Å². The van der Waals surface area contributed by atoms with Crippen molar-refractivity contribution < 1.29 is 14.3 Å². The Bertz CT molecular complexity index is 857. The number of fused-ring (bicyclic) bond motifs is 1. The zero-order valence-corrected chi connectivity index (χ0v) is 14.9. The number of hydrogen-bond donors (Lipinski definition) is 0. The van der Waals surface area contributed by atoms with Gasteiger partial charge in [-0.15, -0.1) is 0 Å². The van der Waals surface area contributed by atoms with E-state index in [2.05, 4.69) is 39.0 Å². The lowest BCUT2D eigenvalue weighted by atomic mass is 10.0. The number of para-hydroxylation sites is 1. The Labute approximate surface area is 153 Å². The largest absolute Gasteiger partial charge is 0.477 e. The van der Waals surface area contributed by atoms with Gasteiger partial charge in [0.05, 0.1) is 24.6 Å². The molecule has 2 aromatic carbocycles. The number of nitrogens with zero attached hydrogens (tertiary/aromatic N) is 2. The van der Waals surface area contributed by atoms with Crippen LogP contribution in [0.25, 0.3) is 10.9 Å². The molecule has 0 amide bonds. The first-order chi connectivity index (χ1) is 12.8. The van der Waals surface area contributed by atoms with E-state index in [-0.39, 0.29) is 5.97 Å². The first kappa shape index (κ1) is 17.9. The van der Waals surface area contributed by atoms with Crippen molar-refractivity contribution in [2.24, 2.45) is 0 Å². The molecule has 134 valence electrons. The smallest absolute Gasteiger partial charge is 0.305 e. The topological polar surface area (TPSA) is 61.3 Å². The number of carbonyl (C=O) groups is 1. The minimum Gasteiger partial charge on any atom is -0.477 e. The van der Waals surface area contributed by atoms with Crippen molar-refractivity contribution in [3.8, 4) is 5.88 Å². The number of ether oxygens (including phenoxy) is 2. The molecule has 1 aromatic heterocycles. The van der Waals surface area contributed by atoms with Crippen molar-refractivity contribution in [2.75, 3.05) is 13.7 Å². The van der Waals surface area contributed by atoms with Crippen molar-refractivity contribution in [3.63, 3.8) is 0 Å². The van der Waals surface area contributed by atoms with Gasteiger partial charge in [0.25, 0.3) is 0 Å². The molecule has 0 spiro atoms. The summed E-state index contributed by atoms with van der Waals surface area (Å²) in [4.78, 5) is 19.6. The molecule has 3 aromatic rings. The van der Waals surface area contributed by atoms with Crippen LogP contribution in [0.3, 0.4) is 0 Å². The van der Waals surface area contributed by atoms with E-state index in [1.54, 1.807) is 0 Å². The second-order valence-electron chi connectivity index (χ2n) is 6.04. The summed E-state index contributed by atoms with van der Waals surface area (Å²) in [6.07, 6.45) is 4.47. The number of rotatable bonds is 8. The van der Waals surface area contributed by atoms with Crippen LogP contribution in [0.4, 0.5) is 0 Å². The number of hydrogen-bond acceptors (Lipinski definition) is 5. The van der Waals surface area contributed by atoms with E-state index in [1.165, 1.54) is 24.6 Å². The molecule has 3 rings (SSSR count). The predicted molar refractivity (Wildman–Crippen MR) is 100 cm³/mol. The molecular formula is C21H22N2O3. The highest BCUT2D eigenvalue weighted by Crippen LogP contribution is 2.20. The number of carbonyl (C=O) groups excluding carboxylic acids is 1. The van der Waals surface area contributed by atoms with Crippen LogP contribution >= 0.6 is 0 Å². The van der Waals surface area contributed by atoms with Gasteiger partial charge in [-0.05, 0) is 36.1 Å². The molecule has 0 aliphatic heterocycles. The fraction of sp³-hybridized carbons (Fsp3) is 0.286. The van der Waals surface area contributed by atoms with Gasteiger partial charge in [-0.25, -0.2) is 9.97 Å². The zero-order chi connectivity index (χ0) is 18.2. The van der Waals surface area contributed by atoms with Gasteiger partial charge in [0.2, 0.25) is 5.88 Å². The second kappa shape index (κ2) is 8.94. The number of aromatic nitrogens is 2. The normalized spacial score (nSPS) is 10.7. The van der Waals surface area contributed by atoms with Crippen LogP contribution in [0, 0.1) is 0 Å². The maximum atomic E-state index is 11.1. The number of esters is 1. The minimum atomic E-state index is -0.156. The fourth-order valence-corrected chi connectivity index (χ4v) is 2.77. The van der Waals surface area contributed by atoms with Crippen molar-refractivity contribution >= 4 is 16.9 Å². The molecule has 0 fully saturated rings. The Morgan fingerprint density at radius 1 is 0.962 bits per heavy atom. The molecule has 5 nitrogen and oxygen atoms in total. The fourth-order valence-electron chi connectivity index (χ4n) is 2.77. The van der Waals surface area contributed by atoms with Crippen LogP contribution in [-0.4, -0.2) is 29.7 Å². The maximum absolute atomic E-state index is 11.1. The van der Waals surface area contributed by atoms with E-state index in [4.69, 9.17) is 4.74 Å². The third-order valence-electron chi connectivity index (χ3n) is 4.23. The average Bonchev–Trinajstić information content (AvgIpc) is 2.69. The Kier molecular flexibility index (Phi) is 6.14. The molecule has 1 heterocycles. The van der Waals surface area contributed by atoms with E-state index >= 15 is 0 Å². The summed E-state index contributed by atoms with van der Waals surface area (Å²) in [5.41, 5.74) is 3.31.